The van der Waals surface area contributed by atoms with E-state index in [2.05, 4.69) is 54.7 Å². The molecule has 2 aromatic rings. The van der Waals surface area contributed by atoms with E-state index in [1.54, 1.807) is 0 Å². The first-order chi connectivity index (χ1) is 8.79. The van der Waals surface area contributed by atoms with Crippen LogP contribution in [0, 0.1) is 6.92 Å². The molecule has 0 unspecified atom stereocenters. The summed E-state index contributed by atoms with van der Waals surface area (Å²) in [5, 5.41) is 7.96. The largest absolute Gasteiger partial charge is 0.308 e. The first kappa shape index (κ1) is 15.7. The lowest BCUT2D eigenvalue weighted by Crippen LogP contribution is -2.12. The van der Waals surface area contributed by atoms with Crippen LogP contribution in [-0.4, -0.2) is 9.78 Å². The minimum absolute atomic E-state index is 0. The maximum absolute atomic E-state index is 4.50. The van der Waals surface area contributed by atoms with E-state index >= 15 is 0 Å². The van der Waals surface area contributed by atoms with Crippen molar-refractivity contribution in [3.05, 3.63) is 53.3 Å². The predicted octanol–water partition coefficient (Wildman–Crippen LogP) is 3.31. The second kappa shape index (κ2) is 7.97. The number of benzene rings is 1. The molecule has 19 heavy (non-hydrogen) atoms. The van der Waals surface area contributed by atoms with Crippen LogP contribution in [0.15, 0.2) is 36.5 Å². The highest BCUT2D eigenvalue weighted by Crippen LogP contribution is 2.06. The molecule has 0 aliphatic heterocycles. The molecule has 0 atom stereocenters. The van der Waals surface area contributed by atoms with Gasteiger partial charge in [0.15, 0.2) is 0 Å². The van der Waals surface area contributed by atoms with Gasteiger partial charge in [-0.1, -0.05) is 37.3 Å². The van der Waals surface area contributed by atoms with Crippen LogP contribution in [0.2, 0.25) is 0 Å². The normalized spacial score (nSPS) is 10.2. The molecule has 1 heterocycles. The minimum Gasteiger partial charge on any atom is -0.308 e. The van der Waals surface area contributed by atoms with Crippen molar-refractivity contribution < 1.29 is 0 Å². The molecule has 1 aromatic carbocycles. The number of nitrogens with one attached hydrogen (secondary N) is 1. The molecule has 2 rings (SSSR count). The molecule has 3 nitrogen and oxygen atoms in total. The molecule has 1 aromatic heterocycles. The number of aromatic nitrogens is 2. The van der Waals surface area contributed by atoms with Crippen molar-refractivity contribution in [3.63, 3.8) is 0 Å². The average Bonchev–Trinajstić information content (AvgIpc) is 2.72. The summed E-state index contributed by atoms with van der Waals surface area (Å²) in [5.41, 5.74) is 3.74. The fourth-order valence-corrected chi connectivity index (χ4v) is 2.01. The zero-order valence-electron chi connectivity index (χ0n) is 11.6. The third-order valence-electron chi connectivity index (χ3n) is 2.99. The Labute approximate surface area is 121 Å². The summed E-state index contributed by atoms with van der Waals surface area (Å²) in [6, 6.07) is 10.5. The van der Waals surface area contributed by atoms with Crippen LogP contribution in [0.3, 0.4) is 0 Å². The van der Waals surface area contributed by atoms with Crippen molar-refractivity contribution in [2.45, 2.75) is 39.9 Å². The Kier molecular flexibility index (Phi) is 6.60. The van der Waals surface area contributed by atoms with Gasteiger partial charge in [0.2, 0.25) is 0 Å². The standard InChI is InChI=1S/C15H21N3.ClH/c1-3-9-18-12-15(13(2)17-18)11-16-10-14-7-5-4-6-8-14;/h4-8,12,16H,3,9-11H2,1-2H3;1H. The molecule has 0 aliphatic rings. The van der Waals surface area contributed by atoms with E-state index < -0.39 is 0 Å². The van der Waals surface area contributed by atoms with Gasteiger partial charge in [-0.2, -0.15) is 5.10 Å². The lowest BCUT2D eigenvalue weighted by atomic mass is 10.2. The zero-order chi connectivity index (χ0) is 12.8. The highest BCUT2D eigenvalue weighted by atomic mass is 35.5. The molecule has 0 fully saturated rings. The third kappa shape index (κ3) is 4.69. The summed E-state index contributed by atoms with van der Waals surface area (Å²) in [4.78, 5) is 0. The maximum atomic E-state index is 4.50. The van der Waals surface area contributed by atoms with Crippen molar-refractivity contribution in [2.75, 3.05) is 0 Å². The fraction of sp³-hybridized carbons (Fsp3) is 0.400. The molecule has 0 saturated carbocycles. The quantitative estimate of drug-likeness (QED) is 0.879. The summed E-state index contributed by atoms with van der Waals surface area (Å²) >= 11 is 0. The molecule has 1 N–H and O–H groups in total. The number of nitrogens with zero attached hydrogens (tertiary/aromatic N) is 2. The van der Waals surface area contributed by atoms with Crippen LogP contribution in [0.25, 0.3) is 0 Å². The Hall–Kier alpha value is -1.32. The topological polar surface area (TPSA) is 29.9 Å². The smallest absolute Gasteiger partial charge is 0.0638 e. The molecule has 0 aliphatic carbocycles. The van der Waals surface area contributed by atoms with E-state index in [9.17, 15) is 0 Å². The van der Waals surface area contributed by atoms with Gasteiger partial charge in [-0.3, -0.25) is 4.68 Å². The number of hydrogen-bond acceptors (Lipinski definition) is 2. The second-order valence-electron chi connectivity index (χ2n) is 4.59. The number of rotatable bonds is 6. The summed E-state index contributed by atoms with van der Waals surface area (Å²) < 4.78 is 2.04. The van der Waals surface area contributed by atoms with Gasteiger partial charge in [-0.15, -0.1) is 12.4 Å². The van der Waals surface area contributed by atoms with Crippen LogP contribution in [0.4, 0.5) is 0 Å². The van der Waals surface area contributed by atoms with E-state index in [0.717, 1.165) is 31.7 Å². The Balaban J connectivity index is 0.00000180. The van der Waals surface area contributed by atoms with Crippen LogP contribution >= 0.6 is 12.4 Å². The Morgan fingerprint density at radius 1 is 1.16 bits per heavy atom. The van der Waals surface area contributed by atoms with Gasteiger partial charge >= 0.3 is 0 Å². The molecular weight excluding hydrogens is 258 g/mol. The fourth-order valence-electron chi connectivity index (χ4n) is 2.01. The third-order valence-corrected chi connectivity index (χ3v) is 2.99. The van der Waals surface area contributed by atoms with Crippen molar-refractivity contribution in [1.29, 1.82) is 0 Å². The highest BCUT2D eigenvalue weighted by Gasteiger charge is 2.03. The zero-order valence-corrected chi connectivity index (χ0v) is 12.4. The van der Waals surface area contributed by atoms with E-state index in [0.29, 0.717) is 0 Å². The summed E-state index contributed by atoms with van der Waals surface area (Å²) in [5.74, 6) is 0. The monoisotopic (exact) mass is 279 g/mol. The van der Waals surface area contributed by atoms with Gasteiger partial charge in [0.1, 0.15) is 0 Å². The molecule has 4 heteroatoms. The van der Waals surface area contributed by atoms with E-state index in [-0.39, 0.29) is 12.4 Å². The lowest BCUT2D eigenvalue weighted by molar-refractivity contribution is 0.597. The molecular formula is C15H22ClN3. The number of hydrogen-bond donors (Lipinski definition) is 1. The molecule has 0 bridgehead atoms. The van der Waals surface area contributed by atoms with Crippen LogP contribution in [0.1, 0.15) is 30.2 Å². The number of halogens is 1. The van der Waals surface area contributed by atoms with Crippen molar-refractivity contribution in [3.8, 4) is 0 Å². The van der Waals surface area contributed by atoms with E-state index in [1.807, 2.05) is 10.7 Å². The second-order valence-corrected chi connectivity index (χ2v) is 4.59. The molecule has 104 valence electrons. The summed E-state index contributed by atoms with van der Waals surface area (Å²) in [6.07, 6.45) is 3.27. The van der Waals surface area contributed by atoms with Gasteiger partial charge in [0, 0.05) is 31.4 Å². The lowest BCUT2D eigenvalue weighted by Gasteiger charge is -2.03. The first-order valence-corrected chi connectivity index (χ1v) is 6.57. The Morgan fingerprint density at radius 2 is 1.89 bits per heavy atom. The van der Waals surface area contributed by atoms with Crippen molar-refractivity contribution in [1.82, 2.24) is 15.1 Å². The number of aryl methyl sites for hydroxylation is 2. The SMILES string of the molecule is CCCn1cc(CNCc2ccccc2)c(C)n1.Cl. The average molecular weight is 280 g/mol. The highest BCUT2D eigenvalue weighted by molar-refractivity contribution is 5.85. The van der Waals surface area contributed by atoms with Crippen LogP contribution in [0.5, 0.6) is 0 Å². The van der Waals surface area contributed by atoms with Crippen LogP contribution in [-0.2, 0) is 19.6 Å². The Bertz CT molecular complexity index is 479. The van der Waals surface area contributed by atoms with Gasteiger partial charge in [-0.05, 0) is 18.9 Å². The molecule has 0 saturated heterocycles. The van der Waals surface area contributed by atoms with Gasteiger partial charge in [0.05, 0.1) is 5.69 Å². The van der Waals surface area contributed by atoms with Gasteiger partial charge in [0.25, 0.3) is 0 Å². The van der Waals surface area contributed by atoms with Crippen molar-refractivity contribution >= 4 is 12.4 Å². The summed E-state index contributed by atoms with van der Waals surface area (Å²) in [6.45, 7) is 7.03. The van der Waals surface area contributed by atoms with E-state index in [1.165, 1.54) is 11.1 Å². The summed E-state index contributed by atoms with van der Waals surface area (Å²) in [7, 11) is 0. The molecule has 0 spiro atoms. The van der Waals surface area contributed by atoms with Gasteiger partial charge < -0.3 is 5.32 Å². The molecule has 0 amide bonds. The first-order valence-electron chi connectivity index (χ1n) is 6.57. The van der Waals surface area contributed by atoms with E-state index in [4.69, 9.17) is 0 Å². The Morgan fingerprint density at radius 3 is 2.58 bits per heavy atom. The van der Waals surface area contributed by atoms with Crippen LogP contribution < -0.4 is 5.32 Å². The minimum atomic E-state index is 0. The van der Waals surface area contributed by atoms with Gasteiger partial charge in [-0.25, -0.2) is 0 Å². The molecule has 0 radical (unpaired) electrons. The van der Waals surface area contributed by atoms with Crippen molar-refractivity contribution in [2.24, 2.45) is 0 Å². The predicted molar refractivity (Wildman–Crippen MR) is 81.5 cm³/mol. The maximum Gasteiger partial charge on any atom is 0.0638 e.